The van der Waals surface area contributed by atoms with Gasteiger partial charge in [0.05, 0.1) is 27.1 Å². The third-order valence-corrected chi connectivity index (χ3v) is 9.71. The minimum Gasteiger partial charge on any atom is -0.489 e. The van der Waals surface area contributed by atoms with Gasteiger partial charge in [0.25, 0.3) is 5.69 Å². The van der Waals surface area contributed by atoms with Crippen LogP contribution in [-0.2, 0) is 22.4 Å². The quantitative estimate of drug-likeness (QED) is 0.146. The Hall–Kier alpha value is -4.14. The molecule has 0 saturated carbocycles. The van der Waals surface area contributed by atoms with Gasteiger partial charge in [-0.15, -0.1) is 0 Å². The number of halogens is 4. The Kier molecular flexibility index (Phi) is 7.30. The van der Waals surface area contributed by atoms with E-state index in [1.807, 2.05) is 0 Å². The lowest BCUT2D eigenvalue weighted by molar-refractivity contribution is -0.385. The lowest BCUT2D eigenvalue weighted by Crippen LogP contribution is -2.32. The van der Waals surface area contributed by atoms with Crippen LogP contribution < -0.4 is 14.5 Å². The second-order valence-electron chi connectivity index (χ2n) is 9.71. The number of amides is 2. The fourth-order valence-electron chi connectivity index (χ4n) is 5.24. The summed E-state index contributed by atoms with van der Waals surface area (Å²) in [7, 11) is 0. The molecule has 0 unspecified atom stereocenters. The first-order valence-electron chi connectivity index (χ1n) is 12.5. The van der Waals surface area contributed by atoms with Crippen molar-refractivity contribution in [3.63, 3.8) is 0 Å². The van der Waals surface area contributed by atoms with Gasteiger partial charge in [-0.3, -0.25) is 24.5 Å². The molecule has 6 rings (SSSR count). The molecule has 0 bridgehead atoms. The van der Waals surface area contributed by atoms with Crippen molar-refractivity contribution < 1.29 is 32.4 Å². The summed E-state index contributed by atoms with van der Waals surface area (Å²) in [6.45, 7) is 0.000398. The molecule has 0 spiro atoms. The van der Waals surface area contributed by atoms with Crippen LogP contribution in [0.3, 0.4) is 0 Å². The number of nitrogens with zero attached hydrogens (tertiary/aromatic N) is 2. The number of anilines is 1. The first kappa shape index (κ1) is 29.0. The highest BCUT2D eigenvalue weighted by molar-refractivity contribution is 8.00. The van der Waals surface area contributed by atoms with E-state index >= 15 is 0 Å². The van der Waals surface area contributed by atoms with Crippen molar-refractivity contribution in [2.75, 3.05) is 4.90 Å². The molecule has 2 amide bonds. The number of hydrogen-bond donors (Lipinski definition) is 1. The van der Waals surface area contributed by atoms with Crippen LogP contribution in [0.2, 0.25) is 5.02 Å². The van der Waals surface area contributed by atoms with Crippen molar-refractivity contribution in [3.05, 3.63) is 113 Å². The van der Waals surface area contributed by atoms with Gasteiger partial charge < -0.3 is 9.72 Å². The number of aromatic nitrogens is 1. The Bertz CT molecular complexity index is 1860. The SMILES string of the molecule is O=C1[C@H]2[C@H](c3cc([N+](=O)[O-])ccc3OCc3cccc(Cl)c3)c3sc(=O)[nH]c3S[C@H]2C(=O)N1c1cccc(C(F)(F)F)c1. The molecule has 1 aromatic heterocycles. The van der Waals surface area contributed by atoms with Crippen LogP contribution in [0.1, 0.15) is 27.5 Å². The molecule has 1 N–H and O–H groups in total. The first-order valence-corrected chi connectivity index (χ1v) is 14.6. The predicted molar refractivity (Wildman–Crippen MR) is 153 cm³/mol. The summed E-state index contributed by atoms with van der Waals surface area (Å²) in [5.41, 5.74) is -0.759. The van der Waals surface area contributed by atoms with Crippen LogP contribution in [0.5, 0.6) is 5.75 Å². The number of nitro groups is 1. The van der Waals surface area contributed by atoms with Crippen LogP contribution in [0.4, 0.5) is 24.5 Å². The number of carbonyl (C=O) groups is 2. The average Bonchev–Trinajstić information content (AvgIpc) is 3.45. The maximum Gasteiger partial charge on any atom is 0.416 e. The smallest absolute Gasteiger partial charge is 0.416 e. The minimum absolute atomic E-state index is 0.000398. The summed E-state index contributed by atoms with van der Waals surface area (Å²) < 4.78 is 46.5. The number of H-pyrrole nitrogens is 1. The molecule has 2 aliphatic rings. The summed E-state index contributed by atoms with van der Waals surface area (Å²) in [6.07, 6.45) is -4.71. The zero-order valence-corrected chi connectivity index (χ0v) is 23.9. The molecule has 3 atom stereocenters. The second-order valence-corrected chi connectivity index (χ2v) is 12.3. The number of benzene rings is 3. The summed E-state index contributed by atoms with van der Waals surface area (Å²) in [5.74, 6) is -3.68. The average molecular weight is 648 g/mol. The molecule has 43 heavy (non-hydrogen) atoms. The Morgan fingerprint density at radius 2 is 1.79 bits per heavy atom. The number of nitrogens with one attached hydrogen (secondary N) is 1. The monoisotopic (exact) mass is 647 g/mol. The number of nitro benzene ring substituents is 1. The van der Waals surface area contributed by atoms with Crippen molar-refractivity contribution in [2.45, 2.75) is 29.0 Å². The molecular weight excluding hydrogens is 631 g/mol. The van der Waals surface area contributed by atoms with Gasteiger partial charge in [-0.05, 0) is 42.0 Å². The number of thiazole rings is 1. The number of rotatable bonds is 6. The number of hydrogen-bond acceptors (Lipinski definition) is 8. The maximum absolute atomic E-state index is 14.0. The topological polar surface area (TPSA) is 123 Å². The van der Waals surface area contributed by atoms with Gasteiger partial charge in [0, 0.05) is 33.5 Å². The number of fused-ring (bicyclic) bond motifs is 2. The third kappa shape index (κ3) is 5.30. The molecule has 0 aliphatic carbocycles. The van der Waals surface area contributed by atoms with Crippen molar-refractivity contribution in [1.82, 2.24) is 4.98 Å². The molecule has 4 aromatic rings. The Morgan fingerprint density at radius 3 is 2.51 bits per heavy atom. The van der Waals surface area contributed by atoms with Crippen molar-refractivity contribution in [3.8, 4) is 5.75 Å². The van der Waals surface area contributed by atoms with Crippen molar-refractivity contribution >= 4 is 57.9 Å². The summed E-state index contributed by atoms with van der Waals surface area (Å²) in [6, 6.07) is 14.5. The number of non-ortho nitro benzene ring substituents is 1. The normalized spacial score (nSPS) is 19.7. The molecule has 0 radical (unpaired) electrons. The molecule has 2 aliphatic heterocycles. The lowest BCUT2D eigenvalue weighted by Gasteiger charge is -2.30. The molecule has 15 heteroatoms. The van der Waals surface area contributed by atoms with E-state index in [9.17, 15) is 37.7 Å². The largest absolute Gasteiger partial charge is 0.489 e. The molecule has 3 heterocycles. The highest BCUT2D eigenvalue weighted by Crippen LogP contribution is 2.55. The van der Waals surface area contributed by atoms with Gasteiger partial charge in [-0.1, -0.05) is 52.9 Å². The minimum atomic E-state index is -4.71. The summed E-state index contributed by atoms with van der Waals surface area (Å²) >= 11 is 7.79. The van der Waals surface area contributed by atoms with E-state index in [2.05, 4.69) is 4.98 Å². The van der Waals surface area contributed by atoms with E-state index in [0.717, 1.165) is 41.3 Å². The number of alkyl halides is 3. The molecule has 1 fully saturated rings. The lowest BCUT2D eigenvalue weighted by atomic mass is 9.82. The van der Waals surface area contributed by atoms with E-state index in [0.29, 0.717) is 25.4 Å². The molecule has 9 nitrogen and oxygen atoms in total. The van der Waals surface area contributed by atoms with Crippen LogP contribution in [-0.4, -0.2) is 27.0 Å². The predicted octanol–water partition coefficient (Wildman–Crippen LogP) is 6.39. The Morgan fingerprint density at radius 1 is 1.02 bits per heavy atom. The summed E-state index contributed by atoms with van der Waals surface area (Å²) in [5, 5.41) is 11.4. The number of imide groups is 1. The zero-order valence-electron chi connectivity index (χ0n) is 21.5. The Labute approximate surface area is 253 Å². The van der Waals surface area contributed by atoms with Gasteiger partial charge in [0.15, 0.2) is 0 Å². The number of aromatic amines is 1. The van der Waals surface area contributed by atoms with Crippen molar-refractivity contribution in [2.24, 2.45) is 5.92 Å². The fraction of sp³-hybridized carbons (Fsp3) is 0.179. The van der Waals surface area contributed by atoms with E-state index in [-0.39, 0.29) is 29.3 Å². The number of thioether (sulfide) groups is 1. The second kappa shape index (κ2) is 10.8. The van der Waals surface area contributed by atoms with Gasteiger partial charge >= 0.3 is 11.0 Å². The van der Waals surface area contributed by atoms with Gasteiger partial charge in [0.2, 0.25) is 11.8 Å². The maximum atomic E-state index is 14.0. The van der Waals surface area contributed by atoms with Crippen LogP contribution in [0.15, 0.2) is 76.6 Å². The van der Waals surface area contributed by atoms with Crippen LogP contribution in [0, 0.1) is 16.0 Å². The standard InChI is InChI=1S/C28H17ClF3N3O6S2/c29-15-5-1-3-13(9-15)12-41-19-8-7-17(35(39)40)11-18(19)20-21-23(42-24-22(20)43-27(38)33-24)26(37)34(25(21)36)16-6-2-4-14(10-16)28(30,31)32/h1-11,20-21,23H,12H2,(H,33,38)/t20-,21-,23+/m0/s1. The van der Waals surface area contributed by atoms with Crippen LogP contribution >= 0.6 is 34.7 Å². The van der Waals surface area contributed by atoms with E-state index < -0.39 is 50.4 Å². The first-order chi connectivity index (χ1) is 20.4. The highest BCUT2D eigenvalue weighted by atomic mass is 35.5. The Balaban J connectivity index is 1.47. The van der Waals surface area contributed by atoms with Gasteiger partial charge in [0.1, 0.15) is 17.6 Å². The van der Waals surface area contributed by atoms with E-state index in [1.54, 1.807) is 24.3 Å². The zero-order chi connectivity index (χ0) is 30.6. The number of carbonyl (C=O) groups excluding carboxylic acids is 2. The molecule has 1 saturated heterocycles. The van der Waals surface area contributed by atoms with Crippen LogP contribution in [0.25, 0.3) is 0 Å². The highest BCUT2D eigenvalue weighted by Gasteiger charge is 2.57. The molecular formula is C28H17ClF3N3O6S2. The molecule has 220 valence electrons. The van der Waals surface area contributed by atoms with Crippen molar-refractivity contribution in [1.29, 1.82) is 0 Å². The number of ether oxygens (including phenoxy) is 1. The van der Waals surface area contributed by atoms with Gasteiger partial charge in [-0.25, -0.2) is 4.90 Å². The molecule has 3 aromatic carbocycles. The fourth-order valence-corrected chi connectivity index (χ4v) is 7.96. The third-order valence-electron chi connectivity index (χ3n) is 7.08. The van der Waals surface area contributed by atoms with E-state index in [1.165, 1.54) is 24.3 Å². The van der Waals surface area contributed by atoms with E-state index in [4.69, 9.17) is 16.3 Å². The summed E-state index contributed by atoms with van der Waals surface area (Å²) in [4.78, 5) is 54.5. The van der Waals surface area contributed by atoms with Gasteiger partial charge in [-0.2, -0.15) is 13.2 Å².